The van der Waals surface area contributed by atoms with Crippen molar-refractivity contribution in [3.05, 3.63) is 70.8 Å². The van der Waals surface area contributed by atoms with Crippen LogP contribution >= 0.6 is 0 Å². The molecule has 128 valence electrons. The molecule has 0 aromatic heterocycles. The molecular formula is C21H26O3. The molecule has 0 amide bonds. The molecule has 0 aliphatic heterocycles. The monoisotopic (exact) mass is 326 g/mol. The molecule has 1 aliphatic rings. The van der Waals surface area contributed by atoms with Gasteiger partial charge in [0.2, 0.25) is 0 Å². The van der Waals surface area contributed by atoms with Crippen molar-refractivity contribution in [2.75, 3.05) is 14.2 Å². The molecule has 0 bridgehead atoms. The zero-order chi connectivity index (χ0) is 17.4. The van der Waals surface area contributed by atoms with Crippen molar-refractivity contribution in [2.24, 2.45) is 5.92 Å². The van der Waals surface area contributed by atoms with Gasteiger partial charge < -0.3 is 14.6 Å². The third kappa shape index (κ3) is 2.31. The van der Waals surface area contributed by atoms with Crippen molar-refractivity contribution >= 4 is 0 Å². The lowest BCUT2D eigenvalue weighted by molar-refractivity contribution is -0.219. The van der Waals surface area contributed by atoms with Gasteiger partial charge in [0.05, 0.1) is 0 Å². The summed E-state index contributed by atoms with van der Waals surface area (Å²) in [4.78, 5) is 0. The predicted molar refractivity (Wildman–Crippen MR) is 94.7 cm³/mol. The second kappa shape index (κ2) is 6.32. The maximum absolute atomic E-state index is 11.8. The molecule has 0 radical (unpaired) electrons. The molecule has 1 aliphatic carbocycles. The van der Waals surface area contributed by atoms with Crippen LogP contribution in [0.4, 0.5) is 0 Å². The molecule has 3 nitrogen and oxygen atoms in total. The number of fused-ring (bicyclic) bond motifs is 1. The summed E-state index contributed by atoms with van der Waals surface area (Å²) < 4.78 is 11.5. The Kier molecular flexibility index (Phi) is 4.52. The van der Waals surface area contributed by atoms with Crippen LogP contribution in [-0.2, 0) is 27.3 Å². The number of hydrogen-bond donors (Lipinski definition) is 1. The van der Waals surface area contributed by atoms with Gasteiger partial charge >= 0.3 is 0 Å². The summed E-state index contributed by atoms with van der Waals surface area (Å²) in [5.41, 5.74) is 2.92. The summed E-state index contributed by atoms with van der Waals surface area (Å²) in [5, 5.41) is 11.8. The van der Waals surface area contributed by atoms with E-state index >= 15 is 0 Å². The van der Waals surface area contributed by atoms with Gasteiger partial charge in [-0.25, -0.2) is 0 Å². The number of ether oxygens (including phenoxy) is 2. The molecule has 3 rings (SSSR count). The first-order chi connectivity index (χ1) is 11.5. The van der Waals surface area contributed by atoms with Gasteiger partial charge in [-0.05, 0) is 29.0 Å². The molecule has 2 atom stereocenters. The van der Waals surface area contributed by atoms with E-state index in [1.165, 1.54) is 5.56 Å². The zero-order valence-electron chi connectivity index (χ0n) is 14.9. The van der Waals surface area contributed by atoms with Crippen molar-refractivity contribution < 1.29 is 14.6 Å². The van der Waals surface area contributed by atoms with Crippen LogP contribution in [0.15, 0.2) is 48.5 Å². The highest BCUT2D eigenvalue weighted by atomic mass is 16.7. The standard InChI is InChI=1S/C21H26O3/c1-5-20(23-3,24-4)18-12-8-9-13-19(18)21(22)15(2)14-16-10-6-7-11-17(16)21/h6-13,15,22H,5,14H2,1-4H3. The third-order valence-corrected chi connectivity index (χ3v) is 5.54. The highest BCUT2D eigenvalue weighted by Gasteiger charge is 2.47. The van der Waals surface area contributed by atoms with Gasteiger partial charge in [-0.2, -0.15) is 0 Å². The first-order valence-electron chi connectivity index (χ1n) is 8.54. The van der Waals surface area contributed by atoms with Gasteiger partial charge in [0, 0.05) is 26.2 Å². The van der Waals surface area contributed by atoms with Gasteiger partial charge in [-0.3, -0.25) is 0 Å². The lowest BCUT2D eigenvalue weighted by Gasteiger charge is -2.38. The van der Waals surface area contributed by atoms with E-state index in [1.807, 2.05) is 49.4 Å². The molecule has 2 unspecified atom stereocenters. The van der Waals surface area contributed by atoms with Gasteiger partial charge in [0.1, 0.15) is 5.60 Å². The Morgan fingerprint density at radius 1 is 1.04 bits per heavy atom. The Morgan fingerprint density at radius 3 is 2.25 bits per heavy atom. The summed E-state index contributed by atoms with van der Waals surface area (Å²) in [6.07, 6.45) is 1.52. The van der Waals surface area contributed by atoms with Crippen LogP contribution in [0.3, 0.4) is 0 Å². The second-order valence-electron chi connectivity index (χ2n) is 6.59. The predicted octanol–water partition coefficient (Wildman–Crippen LogP) is 3.97. The van der Waals surface area contributed by atoms with Crippen molar-refractivity contribution in [3.8, 4) is 0 Å². The normalized spacial score (nSPS) is 23.3. The maximum Gasteiger partial charge on any atom is 0.194 e. The molecule has 24 heavy (non-hydrogen) atoms. The fourth-order valence-corrected chi connectivity index (χ4v) is 4.15. The van der Waals surface area contributed by atoms with E-state index in [4.69, 9.17) is 9.47 Å². The van der Waals surface area contributed by atoms with Gasteiger partial charge in [0.15, 0.2) is 5.79 Å². The minimum Gasteiger partial charge on any atom is -0.380 e. The van der Waals surface area contributed by atoms with Crippen molar-refractivity contribution in [2.45, 2.75) is 38.1 Å². The van der Waals surface area contributed by atoms with E-state index in [2.05, 4.69) is 13.0 Å². The Morgan fingerprint density at radius 2 is 1.62 bits per heavy atom. The highest BCUT2D eigenvalue weighted by Crippen LogP contribution is 2.49. The summed E-state index contributed by atoms with van der Waals surface area (Å²) in [7, 11) is 3.31. The van der Waals surface area contributed by atoms with Gasteiger partial charge in [0.25, 0.3) is 0 Å². The molecular weight excluding hydrogens is 300 g/mol. The average Bonchev–Trinajstić information content (AvgIpc) is 2.89. The number of hydrogen-bond acceptors (Lipinski definition) is 3. The fourth-order valence-electron chi connectivity index (χ4n) is 4.15. The van der Waals surface area contributed by atoms with E-state index in [0.29, 0.717) is 6.42 Å². The largest absolute Gasteiger partial charge is 0.380 e. The van der Waals surface area contributed by atoms with E-state index in [9.17, 15) is 5.11 Å². The van der Waals surface area contributed by atoms with Gasteiger partial charge in [-0.15, -0.1) is 0 Å². The number of aliphatic hydroxyl groups is 1. The maximum atomic E-state index is 11.8. The first kappa shape index (κ1) is 17.2. The van der Waals surface area contributed by atoms with Crippen LogP contribution in [0.2, 0.25) is 0 Å². The Bertz CT molecular complexity index is 712. The minimum atomic E-state index is -1.04. The number of benzene rings is 2. The van der Waals surface area contributed by atoms with Crippen LogP contribution in [0.5, 0.6) is 0 Å². The summed E-state index contributed by atoms with van der Waals surface area (Å²) in [5.74, 6) is -0.775. The van der Waals surface area contributed by atoms with Crippen LogP contribution in [0.1, 0.15) is 42.5 Å². The number of rotatable bonds is 5. The van der Waals surface area contributed by atoms with Crippen LogP contribution < -0.4 is 0 Å². The van der Waals surface area contributed by atoms with Crippen molar-refractivity contribution in [1.82, 2.24) is 0 Å². The second-order valence-corrected chi connectivity index (χ2v) is 6.59. The lowest BCUT2D eigenvalue weighted by atomic mass is 9.77. The minimum absolute atomic E-state index is 0.0827. The number of methoxy groups -OCH3 is 2. The molecule has 1 N–H and O–H groups in total. The molecule has 0 heterocycles. The smallest absolute Gasteiger partial charge is 0.194 e. The Labute approximate surface area is 144 Å². The molecule has 0 saturated heterocycles. The molecule has 2 aromatic carbocycles. The van der Waals surface area contributed by atoms with Crippen molar-refractivity contribution in [3.63, 3.8) is 0 Å². The average molecular weight is 326 g/mol. The first-order valence-corrected chi connectivity index (χ1v) is 8.54. The quantitative estimate of drug-likeness (QED) is 0.845. The highest BCUT2D eigenvalue weighted by molar-refractivity contribution is 5.50. The SMILES string of the molecule is CCC(OC)(OC)c1ccccc1C1(O)c2ccccc2CC1C. The van der Waals surface area contributed by atoms with Crippen molar-refractivity contribution in [1.29, 1.82) is 0 Å². The topological polar surface area (TPSA) is 38.7 Å². The Balaban J connectivity index is 2.25. The van der Waals surface area contributed by atoms with Crippen LogP contribution in [-0.4, -0.2) is 19.3 Å². The summed E-state index contributed by atoms with van der Waals surface area (Å²) >= 11 is 0. The summed E-state index contributed by atoms with van der Waals surface area (Å²) in [6.45, 7) is 4.13. The van der Waals surface area contributed by atoms with Crippen LogP contribution in [0.25, 0.3) is 0 Å². The van der Waals surface area contributed by atoms with E-state index in [0.717, 1.165) is 23.1 Å². The third-order valence-electron chi connectivity index (χ3n) is 5.54. The zero-order valence-corrected chi connectivity index (χ0v) is 14.9. The molecule has 2 aromatic rings. The van der Waals surface area contributed by atoms with E-state index in [-0.39, 0.29) is 5.92 Å². The summed E-state index contributed by atoms with van der Waals surface area (Å²) in [6, 6.07) is 16.1. The lowest BCUT2D eigenvalue weighted by Crippen LogP contribution is -2.38. The van der Waals surface area contributed by atoms with Crippen LogP contribution in [0, 0.1) is 5.92 Å². The van der Waals surface area contributed by atoms with Gasteiger partial charge in [-0.1, -0.05) is 62.4 Å². The Hall–Kier alpha value is -1.68. The molecule has 0 saturated carbocycles. The molecule has 0 fully saturated rings. The fraction of sp³-hybridized carbons (Fsp3) is 0.429. The van der Waals surface area contributed by atoms with E-state index < -0.39 is 11.4 Å². The molecule has 0 spiro atoms. The molecule has 3 heteroatoms. The van der Waals surface area contributed by atoms with E-state index in [1.54, 1.807) is 14.2 Å².